The maximum Gasteiger partial charge on any atom is 0.338 e. The molecule has 0 saturated carbocycles. The summed E-state index contributed by atoms with van der Waals surface area (Å²) in [5.74, 6) is -0.663. The molecule has 0 unspecified atom stereocenters. The lowest BCUT2D eigenvalue weighted by Gasteiger charge is -2.11. The summed E-state index contributed by atoms with van der Waals surface area (Å²) in [6, 6.07) is 10.2. The molecule has 2 aromatic heterocycles. The summed E-state index contributed by atoms with van der Waals surface area (Å²) in [6.45, 7) is 1.67. The summed E-state index contributed by atoms with van der Waals surface area (Å²) in [4.78, 5) is 43.0. The van der Waals surface area contributed by atoms with E-state index in [1.807, 2.05) is 0 Å². The molecule has 0 radical (unpaired) electrons. The fraction of sp³-hybridized carbons (Fsp3) is 0.125. The molecule has 2 heterocycles. The van der Waals surface area contributed by atoms with E-state index in [0.717, 1.165) is 0 Å². The number of ether oxygens (including phenoxy) is 1. The molecule has 7 nitrogen and oxygen atoms in total. The number of esters is 1. The lowest BCUT2D eigenvalue weighted by Crippen LogP contribution is -2.31. The quantitative estimate of drug-likeness (QED) is 0.717. The topological polar surface area (TPSA) is 94.1 Å². The molecule has 0 spiro atoms. The van der Waals surface area contributed by atoms with E-state index < -0.39 is 17.2 Å². The number of rotatable bonds is 2. The van der Waals surface area contributed by atoms with E-state index in [2.05, 4.69) is 9.97 Å². The van der Waals surface area contributed by atoms with Crippen LogP contribution in [0.4, 0.5) is 0 Å². The zero-order chi connectivity index (χ0) is 16.6. The maximum absolute atomic E-state index is 12.3. The minimum atomic E-state index is -0.676. The highest BCUT2D eigenvalue weighted by Gasteiger charge is 2.19. The summed E-state index contributed by atoms with van der Waals surface area (Å²) in [5, 5.41) is 0.0194. The van der Waals surface area contributed by atoms with Crippen molar-refractivity contribution in [1.29, 1.82) is 0 Å². The highest BCUT2D eigenvalue weighted by Crippen LogP contribution is 2.17. The van der Waals surface area contributed by atoms with Crippen molar-refractivity contribution in [3.8, 4) is 5.69 Å². The van der Waals surface area contributed by atoms with Gasteiger partial charge in [0.2, 0.25) is 0 Å². The number of nitrogens with zero attached hydrogens (tertiary/aromatic N) is 2. The Morgan fingerprint density at radius 1 is 1.22 bits per heavy atom. The molecule has 0 bridgehead atoms. The lowest BCUT2D eigenvalue weighted by molar-refractivity contribution is 0.0602. The summed E-state index contributed by atoms with van der Waals surface area (Å²) in [6.07, 6.45) is 0. The summed E-state index contributed by atoms with van der Waals surface area (Å²) in [5.41, 5.74) is -0.0841. The van der Waals surface area contributed by atoms with Gasteiger partial charge in [-0.1, -0.05) is 18.2 Å². The Labute approximate surface area is 130 Å². The summed E-state index contributed by atoms with van der Waals surface area (Å²) >= 11 is 0. The van der Waals surface area contributed by atoms with Crippen molar-refractivity contribution in [3.63, 3.8) is 0 Å². The molecular formula is C16H13N3O4. The fourth-order valence-electron chi connectivity index (χ4n) is 2.44. The van der Waals surface area contributed by atoms with Crippen LogP contribution in [0.15, 0.2) is 46.0 Å². The van der Waals surface area contributed by atoms with Crippen LogP contribution in [0.5, 0.6) is 0 Å². The van der Waals surface area contributed by atoms with Crippen molar-refractivity contribution in [3.05, 3.63) is 68.5 Å². The minimum Gasteiger partial charge on any atom is -0.465 e. The second kappa shape index (κ2) is 5.53. The van der Waals surface area contributed by atoms with Crippen molar-refractivity contribution in [2.45, 2.75) is 6.92 Å². The Morgan fingerprint density at radius 2 is 1.91 bits per heavy atom. The van der Waals surface area contributed by atoms with Crippen LogP contribution in [0.3, 0.4) is 0 Å². The number of carbonyl (C=O) groups is 1. The lowest BCUT2D eigenvalue weighted by atomic mass is 10.1. The van der Waals surface area contributed by atoms with Gasteiger partial charge in [-0.2, -0.15) is 0 Å². The van der Waals surface area contributed by atoms with Gasteiger partial charge in [-0.25, -0.2) is 19.1 Å². The Morgan fingerprint density at radius 3 is 2.57 bits per heavy atom. The van der Waals surface area contributed by atoms with E-state index >= 15 is 0 Å². The van der Waals surface area contributed by atoms with Gasteiger partial charge in [0.25, 0.3) is 5.56 Å². The average molecular weight is 311 g/mol. The number of benzene rings is 1. The largest absolute Gasteiger partial charge is 0.465 e. The Bertz CT molecular complexity index is 1020. The van der Waals surface area contributed by atoms with Gasteiger partial charge in [-0.15, -0.1) is 0 Å². The number of H-pyrrole nitrogens is 1. The minimum absolute atomic E-state index is 0.0194. The standard InChI is InChI=1S/C16H13N3O4/c1-9-8-11(15(21)23-2)12-13(17-9)19(16(22)18-14(12)20)10-6-4-3-5-7-10/h3-8H,1-2H3,(H,18,20,22). The number of aromatic amines is 1. The highest BCUT2D eigenvalue weighted by molar-refractivity contribution is 6.02. The van der Waals surface area contributed by atoms with Crippen LogP contribution in [0, 0.1) is 6.92 Å². The summed E-state index contributed by atoms with van der Waals surface area (Å²) < 4.78 is 5.98. The average Bonchev–Trinajstić information content (AvgIpc) is 2.54. The van der Waals surface area contributed by atoms with E-state index in [1.165, 1.54) is 17.7 Å². The molecule has 0 fully saturated rings. The number of aromatic nitrogens is 3. The normalized spacial score (nSPS) is 10.7. The highest BCUT2D eigenvalue weighted by atomic mass is 16.5. The zero-order valence-electron chi connectivity index (χ0n) is 12.5. The molecule has 1 N–H and O–H groups in total. The second-order valence-corrected chi connectivity index (χ2v) is 4.93. The number of carbonyl (C=O) groups excluding carboxylic acids is 1. The maximum atomic E-state index is 12.3. The number of aryl methyl sites for hydroxylation is 1. The second-order valence-electron chi connectivity index (χ2n) is 4.93. The van der Waals surface area contributed by atoms with Crippen molar-refractivity contribution in [1.82, 2.24) is 14.5 Å². The number of fused-ring (bicyclic) bond motifs is 1. The van der Waals surface area contributed by atoms with Crippen molar-refractivity contribution < 1.29 is 9.53 Å². The molecule has 0 atom stereocenters. The first-order valence-corrected chi connectivity index (χ1v) is 6.83. The first-order valence-electron chi connectivity index (χ1n) is 6.83. The third kappa shape index (κ3) is 2.42. The number of hydrogen-bond donors (Lipinski definition) is 1. The van der Waals surface area contributed by atoms with Gasteiger partial charge in [-0.3, -0.25) is 9.78 Å². The van der Waals surface area contributed by atoms with Gasteiger partial charge in [0, 0.05) is 5.69 Å². The van der Waals surface area contributed by atoms with Crippen LogP contribution in [-0.4, -0.2) is 27.6 Å². The molecule has 0 saturated heterocycles. The van der Waals surface area contributed by atoms with Gasteiger partial charge in [-0.05, 0) is 25.1 Å². The van der Waals surface area contributed by atoms with Gasteiger partial charge < -0.3 is 4.74 Å². The third-order valence-electron chi connectivity index (χ3n) is 3.41. The number of pyridine rings is 1. The van der Waals surface area contributed by atoms with Crippen LogP contribution < -0.4 is 11.2 Å². The predicted molar refractivity (Wildman–Crippen MR) is 84.0 cm³/mol. The molecule has 3 rings (SSSR count). The smallest absolute Gasteiger partial charge is 0.338 e. The number of hydrogen-bond acceptors (Lipinski definition) is 5. The SMILES string of the molecule is COC(=O)c1cc(C)nc2c1c(=O)[nH]c(=O)n2-c1ccccc1. The molecule has 116 valence electrons. The Kier molecular flexibility index (Phi) is 3.53. The van der Waals surface area contributed by atoms with Gasteiger partial charge in [0.05, 0.1) is 23.7 Å². The summed E-state index contributed by atoms with van der Waals surface area (Å²) in [7, 11) is 1.23. The molecule has 23 heavy (non-hydrogen) atoms. The van der Waals surface area contributed by atoms with Crippen LogP contribution in [0.1, 0.15) is 16.1 Å². The van der Waals surface area contributed by atoms with E-state index in [4.69, 9.17) is 4.74 Å². The predicted octanol–water partition coefficient (Wildman–Crippen LogP) is 1.17. The zero-order valence-corrected chi connectivity index (χ0v) is 12.5. The van der Waals surface area contributed by atoms with E-state index in [9.17, 15) is 14.4 Å². The van der Waals surface area contributed by atoms with E-state index in [1.54, 1.807) is 37.3 Å². The van der Waals surface area contributed by atoms with Crippen molar-refractivity contribution in [2.24, 2.45) is 0 Å². The first-order chi connectivity index (χ1) is 11.0. The van der Waals surface area contributed by atoms with Crippen LogP contribution in [-0.2, 0) is 4.74 Å². The van der Waals surface area contributed by atoms with Crippen LogP contribution in [0.2, 0.25) is 0 Å². The third-order valence-corrected chi connectivity index (χ3v) is 3.41. The van der Waals surface area contributed by atoms with Gasteiger partial charge in [0.1, 0.15) is 0 Å². The van der Waals surface area contributed by atoms with Gasteiger partial charge in [0.15, 0.2) is 5.65 Å². The van der Waals surface area contributed by atoms with Gasteiger partial charge >= 0.3 is 11.7 Å². The fourth-order valence-corrected chi connectivity index (χ4v) is 2.44. The molecule has 0 amide bonds. The van der Waals surface area contributed by atoms with E-state index in [0.29, 0.717) is 11.4 Å². The van der Waals surface area contributed by atoms with Crippen molar-refractivity contribution in [2.75, 3.05) is 7.11 Å². The molecular weight excluding hydrogens is 298 g/mol. The molecule has 7 heteroatoms. The molecule has 0 aliphatic carbocycles. The first kappa shape index (κ1) is 14.7. The van der Waals surface area contributed by atoms with Crippen LogP contribution in [0.25, 0.3) is 16.7 Å². The monoisotopic (exact) mass is 311 g/mol. The molecule has 0 aliphatic heterocycles. The molecule has 3 aromatic rings. The molecule has 0 aliphatic rings. The Balaban J connectivity index is 2.53. The molecule has 1 aromatic carbocycles. The number of methoxy groups -OCH3 is 1. The van der Waals surface area contributed by atoms with Crippen LogP contribution >= 0.6 is 0 Å². The van der Waals surface area contributed by atoms with Crippen molar-refractivity contribution >= 4 is 17.0 Å². The Hall–Kier alpha value is -3.22. The number of nitrogens with one attached hydrogen (secondary N) is 1. The van der Waals surface area contributed by atoms with E-state index in [-0.39, 0.29) is 16.6 Å². The number of para-hydroxylation sites is 1.